The monoisotopic (exact) mass is 250 g/mol. The molecule has 0 bridgehead atoms. The number of ether oxygens (including phenoxy) is 1. The number of hydrogen-bond acceptors (Lipinski definition) is 3. The average molecular weight is 250 g/mol. The number of nitrogens with two attached hydrogens (primary N) is 1. The normalized spacial score (nSPS) is 13.8. The Labute approximate surface area is 109 Å². The minimum Gasteiger partial charge on any atom is -0.481 e. The predicted octanol–water partition coefficient (Wildman–Crippen LogP) is 1.48. The maximum absolute atomic E-state index is 11.4. The topological polar surface area (TPSA) is 64.3 Å². The fourth-order valence-electron chi connectivity index (χ4n) is 1.65. The zero-order valence-electron chi connectivity index (χ0n) is 11.3. The van der Waals surface area contributed by atoms with Crippen LogP contribution in [0.15, 0.2) is 24.3 Å². The molecule has 0 saturated carbocycles. The average Bonchev–Trinajstić information content (AvgIpc) is 2.37. The van der Waals surface area contributed by atoms with Crippen LogP contribution in [0.5, 0.6) is 5.75 Å². The maximum atomic E-state index is 11.4. The molecule has 100 valence electrons. The van der Waals surface area contributed by atoms with Crippen molar-refractivity contribution in [2.75, 3.05) is 7.05 Å². The van der Waals surface area contributed by atoms with Gasteiger partial charge in [0.15, 0.2) is 6.10 Å². The summed E-state index contributed by atoms with van der Waals surface area (Å²) in [5, 5.41) is 2.56. The van der Waals surface area contributed by atoms with E-state index in [0.29, 0.717) is 5.75 Å². The molecule has 0 aromatic heterocycles. The Morgan fingerprint density at radius 1 is 1.50 bits per heavy atom. The Morgan fingerprint density at radius 3 is 2.83 bits per heavy atom. The van der Waals surface area contributed by atoms with Gasteiger partial charge in [-0.15, -0.1) is 0 Å². The van der Waals surface area contributed by atoms with Crippen molar-refractivity contribution in [3.05, 3.63) is 29.8 Å². The van der Waals surface area contributed by atoms with Crippen LogP contribution >= 0.6 is 0 Å². The third-order valence-corrected chi connectivity index (χ3v) is 2.85. The van der Waals surface area contributed by atoms with E-state index >= 15 is 0 Å². The first-order valence-corrected chi connectivity index (χ1v) is 6.29. The standard InChI is InChI=1S/C14H22N2O2/c1-4-12(15)8-11-6-5-7-13(9-11)18-10(2)14(17)16-3/h5-7,9-10,12H,4,8,15H2,1-3H3,(H,16,17). The molecule has 1 amide bonds. The smallest absolute Gasteiger partial charge is 0.260 e. The van der Waals surface area contributed by atoms with Crippen LogP contribution in [-0.2, 0) is 11.2 Å². The van der Waals surface area contributed by atoms with Crippen LogP contribution in [0.3, 0.4) is 0 Å². The highest BCUT2D eigenvalue weighted by atomic mass is 16.5. The Balaban J connectivity index is 2.67. The van der Waals surface area contributed by atoms with Crippen LogP contribution in [0.1, 0.15) is 25.8 Å². The summed E-state index contributed by atoms with van der Waals surface area (Å²) in [4.78, 5) is 11.4. The molecule has 0 spiro atoms. The van der Waals surface area contributed by atoms with Gasteiger partial charge in [-0.05, 0) is 37.5 Å². The molecule has 0 heterocycles. The summed E-state index contributed by atoms with van der Waals surface area (Å²) in [5.41, 5.74) is 7.05. The molecule has 0 radical (unpaired) electrons. The van der Waals surface area contributed by atoms with E-state index in [0.717, 1.165) is 18.4 Å². The van der Waals surface area contributed by atoms with Gasteiger partial charge in [-0.3, -0.25) is 4.79 Å². The minimum absolute atomic E-state index is 0.134. The van der Waals surface area contributed by atoms with Gasteiger partial charge in [-0.1, -0.05) is 19.1 Å². The van der Waals surface area contributed by atoms with Gasteiger partial charge in [0.1, 0.15) is 5.75 Å². The van der Waals surface area contributed by atoms with E-state index in [2.05, 4.69) is 12.2 Å². The highest BCUT2D eigenvalue weighted by Crippen LogP contribution is 2.16. The van der Waals surface area contributed by atoms with Crippen molar-refractivity contribution in [1.82, 2.24) is 5.32 Å². The molecule has 2 unspecified atom stereocenters. The van der Waals surface area contributed by atoms with Crippen molar-refractivity contribution in [3.8, 4) is 5.75 Å². The molecule has 18 heavy (non-hydrogen) atoms. The molecule has 1 aromatic carbocycles. The molecule has 0 fully saturated rings. The third-order valence-electron chi connectivity index (χ3n) is 2.85. The van der Waals surface area contributed by atoms with E-state index in [1.165, 1.54) is 0 Å². The number of benzene rings is 1. The molecule has 0 aliphatic rings. The van der Waals surface area contributed by atoms with Crippen LogP contribution in [0.25, 0.3) is 0 Å². The Bertz CT molecular complexity index is 393. The zero-order valence-corrected chi connectivity index (χ0v) is 11.3. The molecule has 0 saturated heterocycles. The van der Waals surface area contributed by atoms with Crippen molar-refractivity contribution in [1.29, 1.82) is 0 Å². The van der Waals surface area contributed by atoms with E-state index in [1.54, 1.807) is 14.0 Å². The summed E-state index contributed by atoms with van der Waals surface area (Å²) < 4.78 is 5.57. The second kappa shape index (κ2) is 7.01. The summed E-state index contributed by atoms with van der Waals surface area (Å²) >= 11 is 0. The SMILES string of the molecule is CCC(N)Cc1cccc(OC(C)C(=O)NC)c1. The summed E-state index contributed by atoms with van der Waals surface area (Å²) in [6.07, 6.45) is 1.27. The zero-order chi connectivity index (χ0) is 13.5. The summed E-state index contributed by atoms with van der Waals surface area (Å²) in [6.45, 7) is 3.79. The molecular formula is C14H22N2O2. The van der Waals surface area contributed by atoms with Gasteiger partial charge >= 0.3 is 0 Å². The molecule has 2 atom stereocenters. The molecule has 4 heteroatoms. The fraction of sp³-hybridized carbons (Fsp3) is 0.500. The lowest BCUT2D eigenvalue weighted by Crippen LogP contribution is -2.33. The van der Waals surface area contributed by atoms with E-state index in [9.17, 15) is 4.79 Å². The second-order valence-corrected chi connectivity index (χ2v) is 4.39. The van der Waals surface area contributed by atoms with Gasteiger partial charge in [0, 0.05) is 13.1 Å². The Morgan fingerprint density at radius 2 is 2.22 bits per heavy atom. The largest absolute Gasteiger partial charge is 0.481 e. The summed E-state index contributed by atoms with van der Waals surface area (Å²) in [6, 6.07) is 7.89. The number of likely N-dealkylation sites (N-methyl/N-ethyl adjacent to an activating group) is 1. The van der Waals surface area contributed by atoms with E-state index in [4.69, 9.17) is 10.5 Å². The van der Waals surface area contributed by atoms with Crippen LogP contribution in [-0.4, -0.2) is 25.1 Å². The van der Waals surface area contributed by atoms with Crippen molar-refractivity contribution in [2.24, 2.45) is 5.73 Å². The molecule has 1 aromatic rings. The van der Waals surface area contributed by atoms with E-state index in [1.807, 2.05) is 24.3 Å². The van der Waals surface area contributed by atoms with Crippen LogP contribution in [0.4, 0.5) is 0 Å². The minimum atomic E-state index is -0.495. The van der Waals surface area contributed by atoms with Crippen molar-refractivity contribution < 1.29 is 9.53 Å². The molecular weight excluding hydrogens is 228 g/mol. The van der Waals surface area contributed by atoms with E-state index < -0.39 is 6.10 Å². The van der Waals surface area contributed by atoms with Gasteiger partial charge in [0.25, 0.3) is 5.91 Å². The van der Waals surface area contributed by atoms with Crippen molar-refractivity contribution >= 4 is 5.91 Å². The highest BCUT2D eigenvalue weighted by Gasteiger charge is 2.12. The molecule has 0 aliphatic carbocycles. The van der Waals surface area contributed by atoms with Crippen molar-refractivity contribution in [2.45, 2.75) is 38.8 Å². The maximum Gasteiger partial charge on any atom is 0.260 e. The van der Waals surface area contributed by atoms with Gasteiger partial charge in [-0.25, -0.2) is 0 Å². The van der Waals surface area contributed by atoms with Gasteiger partial charge in [-0.2, -0.15) is 0 Å². The van der Waals surface area contributed by atoms with Crippen LogP contribution in [0, 0.1) is 0 Å². The third kappa shape index (κ3) is 4.37. The number of carbonyl (C=O) groups excluding carboxylic acids is 1. The molecule has 3 N–H and O–H groups in total. The second-order valence-electron chi connectivity index (χ2n) is 4.39. The summed E-state index contributed by atoms with van der Waals surface area (Å²) in [5.74, 6) is 0.567. The Kier molecular flexibility index (Phi) is 5.65. The van der Waals surface area contributed by atoms with Crippen LogP contribution in [0.2, 0.25) is 0 Å². The number of nitrogens with one attached hydrogen (secondary N) is 1. The van der Waals surface area contributed by atoms with Gasteiger partial charge < -0.3 is 15.8 Å². The van der Waals surface area contributed by atoms with Gasteiger partial charge in [0.05, 0.1) is 0 Å². The van der Waals surface area contributed by atoms with Crippen LogP contribution < -0.4 is 15.8 Å². The fourth-order valence-corrected chi connectivity index (χ4v) is 1.65. The summed E-state index contributed by atoms with van der Waals surface area (Å²) in [7, 11) is 1.60. The predicted molar refractivity (Wildman–Crippen MR) is 72.6 cm³/mol. The van der Waals surface area contributed by atoms with Gasteiger partial charge in [0.2, 0.25) is 0 Å². The first-order valence-electron chi connectivity index (χ1n) is 6.29. The lowest BCUT2D eigenvalue weighted by Gasteiger charge is -2.14. The van der Waals surface area contributed by atoms with E-state index in [-0.39, 0.29) is 11.9 Å². The number of rotatable bonds is 6. The lowest BCUT2D eigenvalue weighted by molar-refractivity contribution is -0.126. The number of hydrogen-bond donors (Lipinski definition) is 2. The molecule has 0 aliphatic heterocycles. The highest BCUT2D eigenvalue weighted by molar-refractivity contribution is 5.80. The van der Waals surface area contributed by atoms with Crippen molar-refractivity contribution in [3.63, 3.8) is 0 Å². The lowest BCUT2D eigenvalue weighted by atomic mass is 10.0. The molecule has 1 rings (SSSR count). The molecule has 4 nitrogen and oxygen atoms in total. The number of carbonyl (C=O) groups is 1. The Hall–Kier alpha value is -1.55. The first kappa shape index (κ1) is 14.5. The number of amides is 1. The quantitative estimate of drug-likeness (QED) is 0.803. The first-order chi connectivity index (χ1) is 8.56.